The molecule has 0 saturated carbocycles. The normalized spacial score (nSPS) is 9.90. The summed E-state index contributed by atoms with van der Waals surface area (Å²) in [6.07, 6.45) is 0. The Kier molecular flexibility index (Phi) is 2.27. The molecule has 0 spiro atoms. The lowest BCUT2D eigenvalue weighted by atomic mass is 10.5. The molecule has 1 rings (SSSR count). The van der Waals surface area contributed by atoms with Crippen LogP contribution in [0.15, 0.2) is 0 Å². The highest BCUT2D eigenvalue weighted by Crippen LogP contribution is 2.22. The van der Waals surface area contributed by atoms with Crippen LogP contribution < -0.4 is 5.32 Å². The minimum Gasteiger partial charge on any atom is -0.376 e. The van der Waals surface area contributed by atoms with Gasteiger partial charge in [0.25, 0.3) is 0 Å². The Morgan fingerprint density at radius 1 is 1.50 bits per heavy atom. The minimum absolute atomic E-state index is 0.975. The predicted molar refractivity (Wildman–Crippen MR) is 45.8 cm³/mol. The highest BCUT2D eigenvalue weighted by Gasteiger charge is 2.00. The maximum atomic E-state index is 4.29. The van der Waals surface area contributed by atoms with E-state index in [1.54, 1.807) is 11.3 Å². The van der Waals surface area contributed by atoms with Crippen LogP contribution in [-0.4, -0.2) is 11.5 Å². The number of rotatable bonds is 2. The summed E-state index contributed by atoms with van der Waals surface area (Å²) in [5.74, 6) is 0. The highest BCUT2D eigenvalue weighted by atomic mass is 32.1. The Morgan fingerprint density at radius 3 is 2.60 bits per heavy atom. The Morgan fingerprint density at radius 2 is 2.20 bits per heavy atom. The lowest BCUT2D eigenvalue weighted by Gasteiger charge is -1.96. The van der Waals surface area contributed by atoms with Crippen molar-refractivity contribution in [1.29, 1.82) is 0 Å². The summed E-state index contributed by atoms with van der Waals surface area (Å²) in [5, 5.41) is 5.59. The van der Waals surface area contributed by atoms with Crippen LogP contribution in [0.5, 0.6) is 0 Å². The number of anilines is 1. The van der Waals surface area contributed by atoms with Crippen molar-refractivity contribution in [2.24, 2.45) is 0 Å². The highest BCUT2D eigenvalue weighted by molar-refractivity contribution is 7.15. The number of aryl methyl sites for hydroxylation is 2. The molecule has 1 aromatic heterocycles. The lowest BCUT2D eigenvalue weighted by Crippen LogP contribution is -1.94. The largest absolute Gasteiger partial charge is 0.376 e. The van der Waals surface area contributed by atoms with E-state index in [9.17, 15) is 0 Å². The van der Waals surface area contributed by atoms with E-state index in [1.165, 1.54) is 5.00 Å². The summed E-state index contributed by atoms with van der Waals surface area (Å²) in [4.78, 5) is 4.29. The first-order chi connectivity index (χ1) is 4.74. The number of aromatic nitrogens is 1. The van der Waals surface area contributed by atoms with E-state index >= 15 is 0 Å². The molecular weight excluding hydrogens is 144 g/mol. The quantitative estimate of drug-likeness (QED) is 0.710. The van der Waals surface area contributed by atoms with Gasteiger partial charge in [0.05, 0.1) is 10.7 Å². The maximum absolute atomic E-state index is 4.29. The van der Waals surface area contributed by atoms with Gasteiger partial charge in [-0.2, -0.15) is 0 Å². The van der Waals surface area contributed by atoms with Crippen LogP contribution >= 0.6 is 11.3 Å². The molecule has 2 nitrogen and oxygen atoms in total. The molecule has 0 aliphatic carbocycles. The average Bonchev–Trinajstić information content (AvgIpc) is 2.13. The van der Waals surface area contributed by atoms with Crippen LogP contribution in [0.3, 0.4) is 0 Å². The van der Waals surface area contributed by atoms with Crippen molar-refractivity contribution in [2.75, 3.05) is 11.9 Å². The fourth-order valence-electron chi connectivity index (χ4n) is 0.856. The molecule has 0 radical (unpaired) electrons. The molecule has 0 atom stereocenters. The number of nitrogens with zero attached hydrogens (tertiary/aromatic N) is 1. The van der Waals surface area contributed by atoms with Gasteiger partial charge in [-0.25, -0.2) is 4.98 Å². The van der Waals surface area contributed by atoms with Crippen LogP contribution in [0.1, 0.15) is 17.6 Å². The zero-order valence-electron chi connectivity index (χ0n) is 6.56. The lowest BCUT2D eigenvalue weighted by molar-refractivity contribution is 1.16. The van der Waals surface area contributed by atoms with E-state index in [1.807, 2.05) is 13.8 Å². The van der Waals surface area contributed by atoms with Crippen molar-refractivity contribution >= 4 is 16.3 Å². The number of hydrogen-bond donors (Lipinski definition) is 1. The van der Waals surface area contributed by atoms with Gasteiger partial charge in [0.1, 0.15) is 5.00 Å². The Balaban J connectivity index is 2.81. The van der Waals surface area contributed by atoms with Crippen molar-refractivity contribution in [3.8, 4) is 0 Å². The molecule has 1 heterocycles. The van der Waals surface area contributed by atoms with Gasteiger partial charge in [0.2, 0.25) is 0 Å². The third-order valence-corrected chi connectivity index (χ3v) is 2.27. The molecule has 3 heteroatoms. The van der Waals surface area contributed by atoms with E-state index in [2.05, 4.69) is 17.2 Å². The van der Waals surface area contributed by atoms with E-state index in [4.69, 9.17) is 0 Å². The van der Waals surface area contributed by atoms with Crippen LogP contribution in [0.4, 0.5) is 5.00 Å². The molecule has 0 unspecified atom stereocenters. The first-order valence-electron chi connectivity index (χ1n) is 3.42. The molecule has 1 aromatic rings. The maximum Gasteiger partial charge on any atom is 0.112 e. The SMILES string of the molecule is CCNc1sc(C)nc1C. The fraction of sp³-hybridized carbons (Fsp3) is 0.571. The summed E-state index contributed by atoms with van der Waals surface area (Å²) < 4.78 is 0. The van der Waals surface area contributed by atoms with Gasteiger partial charge in [0.15, 0.2) is 0 Å². The third-order valence-electron chi connectivity index (χ3n) is 1.24. The Bertz CT molecular complexity index is 217. The van der Waals surface area contributed by atoms with Crippen LogP contribution in [-0.2, 0) is 0 Å². The molecule has 0 aliphatic heterocycles. The summed E-state index contributed by atoms with van der Waals surface area (Å²) in [6, 6.07) is 0. The molecule has 0 amide bonds. The van der Waals surface area contributed by atoms with Crippen molar-refractivity contribution in [3.05, 3.63) is 10.7 Å². The number of nitrogens with one attached hydrogen (secondary N) is 1. The van der Waals surface area contributed by atoms with Gasteiger partial charge < -0.3 is 5.32 Å². The molecule has 0 fully saturated rings. The fourth-order valence-corrected chi connectivity index (χ4v) is 1.74. The monoisotopic (exact) mass is 156 g/mol. The molecule has 0 aromatic carbocycles. The van der Waals surface area contributed by atoms with Crippen LogP contribution in [0.2, 0.25) is 0 Å². The summed E-state index contributed by atoms with van der Waals surface area (Å²) in [5.41, 5.74) is 1.12. The van der Waals surface area contributed by atoms with Crippen LogP contribution in [0.25, 0.3) is 0 Å². The van der Waals surface area contributed by atoms with Gasteiger partial charge in [-0.3, -0.25) is 0 Å². The summed E-state index contributed by atoms with van der Waals surface area (Å²) in [6.45, 7) is 7.12. The number of thiazole rings is 1. The average molecular weight is 156 g/mol. The van der Waals surface area contributed by atoms with Crippen molar-refractivity contribution in [2.45, 2.75) is 20.8 Å². The smallest absolute Gasteiger partial charge is 0.112 e. The topological polar surface area (TPSA) is 24.9 Å². The predicted octanol–water partition coefficient (Wildman–Crippen LogP) is 2.19. The van der Waals surface area contributed by atoms with Gasteiger partial charge in [-0.1, -0.05) is 0 Å². The van der Waals surface area contributed by atoms with Gasteiger partial charge in [-0.15, -0.1) is 11.3 Å². The van der Waals surface area contributed by atoms with Crippen molar-refractivity contribution in [3.63, 3.8) is 0 Å². The van der Waals surface area contributed by atoms with Gasteiger partial charge in [0, 0.05) is 6.54 Å². The third kappa shape index (κ3) is 1.48. The second-order valence-corrected chi connectivity index (χ2v) is 3.38. The van der Waals surface area contributed by atoms with Crippen LogP contribution in [0, 0.1) is 13.8 Å². The molecular formula is C7H12N2S. The molecule has 0 aliphatic rings. The zero-order valence-corrected chi connectivity index (χ0v) is 7.38. The van der Waals surface area contributed by atoms with Gasteiger partial charge in [-0.05, 0) is 20.8 Å². The molecule has 0 bridgehead atoms. The first-order valence-corrected chi connectivity index (χ1v) is 4.23. The Hall–Kier alpha value is -0.570. The van der Waals surface area contributed by atoms with E-state index in [0.29, 0.717) is 0 Å². The Labute approximate surface area is 65.3 Å². The van der Waals surface area contributed by atoms with Crippen molar-refractivity contribution < 1.29 is 0 Å². The first kappa shape index (κ1) is 7.54. The second-order valence-electron chi connectivity index (χ2n) is 2.18. The molecule has 10 heavy (non-hydrogen) atoms. The minimum atomic E-state index is 0.975. The summed E-state index contributed by atoms with van der Waals surface area (Å²) >= 11 is 1.72. The van der Waals surface area contributed by atoms with Gasteiger partial charge >= 0.3 is 0 Å². The van der Waals surface area contributed by atoms with E-state index in [-0.39, 0.29) is 0 Å². The molecule has 1 N–H and O–H groups in total. The zero-order chi connectivity index (χ0) is 7.56. The molecule has 0 saturated heterocycles. The number of hydrogen-bond acceptors (Lipinski definition) is 3. The standard InChI is InChI=1S/C7H12N2S/c1-4-8-7-5(2)9-6(3)10-7/h8H,4H2,1-3H3. The summed E-state index contributed by atoms with van der Waals surface area (Å²) in [7, 11) is 0. The van der Waals surface area contributed by atoms with Crippen molar-refractivity contribution in [1.82, 2.24) is 4.98 Å². The van der Waals surface area contributed by atoms with E-state index in [0.717, 1.165) is 17.2 Å². The second kappa shape index (κ2) is 3.01. The molecule has 56 valence electrons. The van der Waals surface area contributed by atoms with E-state index < -0.39 is 0 Å².